The Bertz CT molecular complexity index is 707. The van der Waals surface area contributed by atoms with Gasteiger partial charge in [-0.2, -0.15) is 0 Å². The van der Waals surface area contributed by atoms with E-state index >= 15 is 0 Å². The smallest absolute Gasteiger partial charge is 0.241 e. The van der Waals surface area contributed by atoms with Crippen molar-refractivity contribution in [3.8, 4) is 5.75 Å². The number of aryl methyl sites for hydroxylation is 1. The van der Waals surface area contributed by atoms with Gasteiger partial charge in [0.15, 0.2) is 0 Å². The van der Waals surface area contributed by atoms with Gasteiger partial charge < -0.3 is 15.8 Å². The number of hydrogen-bond acceptors (Lipinski definition) is 3. The first kappa shape index (κ1) is 18.6. The summed E-state index contributed by atoms with van der Waals surface area (Å²) in [7, 11) is 1.56. The summed E-state index contributed by atoms with van der Waals surface area (Å²) in [5, 5.41) is 3.93. The summed E-state index contributed by atoms with van der Waals surface area (Å²) in [5.74, 6) is 0.379. The molecule has 0 radical (unpaired) electrons. The van der Waals surface area contributed by atoms with Gasteiger partial charge in [-0.3, -0.25) is 4.79 Å². The SMILES string of the molecule is COc1ccccc1C(N)C(=O)NCCCc1ccc(Cl)c(Cl)c1. The van der Waals surface area contributed by atoms with E-state index in [1.165, 1.54) is 0 Å². The van der Waals surface area contributed by atoms with E-state index in [9.17, 15) is 4.79 Å². The highest BCUT2D eigenvalue weighted by Crippen LogP contribution is 2.24. The topological polar surface area (TPSA) is 64.3 Å². The number of halogens is 2. The molecule has 1 atom stereocenters. The Morgan fingerprint density at radius 2 is 1.96 bits per heavy atom. The lowest BCUT2D eigenvalue weighted by Crippen LogP contribution is -2.35. The third-order valence-electron chi connectivity index (χ3n) is 3.68. The van der Waals surface area contributed by atoms with Crippen molar-refractivity contribution < 1.29 is 9.53 Å². The van der Waals surface area contributed by atoms with E-state index in [4.69, 9.17) is 33.7 Å². The molecule has 2 rings (SSSR count). The average molecular weight is 367 g/mol. The Labute approximate surface area is 151 Å². The maximum absolute atomic E-state index is 12.2. The molecule has 3 N–H and O–H groups in total. The van der Waals surface area contributed by atoms with Gasteiger partial charge in [0.25, 0.3) is 0 Å². The number of hydrogen-bond donors (Lipinski definition) is 2. The molecule has 0 fully saturated rings. The molecular weight excluding hydrogens is 347 g/mol. The highest BCUT2D eigenvalue weighted by Gasteiger charge is 2.18. The summed E-state index contributed by atoms with van der Waals surface area (Å²) in [6.45, 7) is 0.530. The molecule has 1 unspecified atom stereocenters. The number of ether oxygens (including phenoxy) is 1. The molecule has 2 aromatic carbocycles. The van der Waals surface area contributed by atoms with Gasteiger partial charge in [-0.1, -0.05) is 47.5 Å². The Kier molecular flexibility index (Phi) is 6.91. The van der Waals surface area contributed by atoms with Crippen molar-refractivity contribution in [2.45, 2.75) is 18.9 Å². The number of rotatable bonds is 7. The minimum Gasteiger partial charge on any atom is -0.496 e. The molecule has 1 amide bonds. The maximum atomic E-state index is 12.2. The first-order chi connectivity index (χ1) is 11.5. The molecule has 0 heterocycles. The zero-order valence-corrected chi connectivity index (χ0v) is 14.9. The summed E-state index contributed by atoms with van der Waals surface area (Å²) >= 11 is 11.9. The quantitative estimate of drug-likeness (QED) is 0.733. The second-order valence-electron chi connectivity index (χ2n) is 5.36. The predicted octanol–water partition coefficient (Wildman–Crippen LogP) is 3.75. The van der Waals surface area contributed by atoms with Crippen molar-refractivity contribution in [3.63, 3.8) is 0 Å². The molecule has 0 bridgehead atoms. The largest absolute Gasteiger partial charge is 0.496 e. The second-order valence-corrected chi connectivity index (χ2v) is 6.18. The molecule has 0 aromatic heterocycles. The minimum atomic E-state index is -0.758. The summed E-state index contributed by atoms with van der Waals surface area (Å²) in [5.41, 5.74) is 7.77. The van der Waals surface area contributed by atoms with Crippen LogP contribution in [0.5, 0.6) is 5.75 Å². The van der Waals surface area contributed by atoms with E-state index in [2.05, 4.69) is 5.32 Å². The van der Waals surface area contributed by atoms with Crippen LogP contribution in [0.1, 0.15) is 23.6 Å². The molecule has 6 heteroatoms. The van der Waals surface area contributed by atoms with Gasteiger partial charge >= 0.3 is 0 Å². The Hall–Kier alpha value is -1.75. The Morgan fingerprint density at radius 1 is 1.21 bits per heavy atom. The number of nitrogens with two attached hydrogens (primary N) is 1. The zero-order valence-electron chi connectivity index (χ0n) is 13.4. The third kappa shape index (κ3) is 4.87. The molecule has 0 aliphatic heterocycles. The molecular formula is C18H20Cl2N2O2. The van der Waals surface area contributed by atoms with Crippen molar-refractivity contribution in [2.75, 3.05) is 13.7 Å². The fourth-order valence-corrected chi connectivity index (χ4v) is 2.69. The molecule has 2 aromatic rings. The van der Waals surface area contributed by atoms with Crippen molar-refractivity contribution in [1.82, 2.24) is 5.32 Å². The number of para-hydroxylation sites is 1. The van der Waals surface area contributed by atoms with Gasteiger partial charge in [0.2, 0.25) is 5.91 Å². The first-order valence-corrected chi connectivity index (χ1v) is 8.38. The van der Waals surface area contributed by atoms with Crippen LogP contribution < -0.4 is 15.8 Å². The molecule has 0 aliphatic carbocycles. The number of methoxy groups -OCH3 is 1. The lowest BCUT2D eigenvalue weighted by Gasteiger charge is -2.15. The van der Waals surface area contributed by atoms with Gasteiger partial charge in [0, 0.05) is 12.1 Å². The van der Waals surface area contributed by atoms with E-state index in [1.807, 2.05) is 24.3 Å². The van der Waals surface area contributed by atoms with Crippen molar-refractivity contribution >= 4 is 29.1 Å². The van der Waals surface area contributed by atoms with Crippen LogP contribution in [0, 0.1) is 0 Å². The fraction of sp³-hybridized carbons (Fsp3) is 0.278. The molecule has 24 heavy (non-hydrogen) atoms. The molecule has 0 saturated heterocycles. The number of carbonyl (C=O) groups is 1. The Balaban J connectivity index is 1.83. The molecule has 4 nitrogen and oxygen atoms in total. The first-order valence-electron chi connectivity index (χ1n) is 7.63. The standard InChI is InChI=1S/C18H20Cl2N2O2/c1-24-16-7-3-2-6-13(16)17(21)18(23)22-10-4-5-12-8-9-14(19)15(20)11-12/h2-3,6-9,11,17H,4-5,10,21H2,1H3,(H,22,23). The summed E-state index contributed by atoms with van der Waals surface area (Å²) in [6.07, 6.45) is 1.57. The van der Waals surface area contributed by atoms with Crippen LogP contribution in [-0.2, 0) is 11.2 Å². The fourth-order valence-electron chi connectivity index (χ4n) is 2.37. The van der Waals surface area contributed by atoms with Crippen LogP contribution in [0.25, 0.3) is 0 Å². The number of amides is 1. The van der Waals surface area contributed by atoms with Crippen LogP contribution in [-0.4, -0.2) is 19.6 Å². The van der Waals surface area contributed by atoms with Crippen LogP contribution in [0.4, 0.5) is 0 Å². The van der Waals surface area contributed by atoms with Gasteiger partial charge in [-0.05, 0) is 36.6 Å². The van der Waals surface area contributed by atoms with E-state index in [-0.39, 0.29) is 5.91 Å². The predicted molar refractivity (Wildman–Crippen MR) is 97.7 cm³/mol. The normalized spacial score (nSPS) is 11.8. The van der Waals surface area contributed by atoms with E-state index < -0.39 is 6.04 Å². The molecule has 0 spiro atoms. The van der Waals surface area contributed by atoms with E-state index in [1.54, 1.807) is 25.3 Å². The van der Waals surface area contributed by atoms with Crippen LogP contribution in [0.2, 0.25) is 10.0 Å². The van der Waals surface area contributed by atoms with Crippen molar-refractivity contribution in [3.05, 3.63) is 63.6 Å². The van der Waals surface area contributed by atoms with Gasteiger partial charge in [0.05, 0.1) is 17.2 Å². The highest BCUT2D eigenvalue weighted by molar-refractivity contribution is 6.42. The van der Waals surface area contributed by atoms with E-state index in [0.717, 1.165) is 18.4 Å². The molecule has 0 saturated carbocycles. The zero-order chi connectivity index (χ0) is 17.5. The van der Waals surface area contributed by atoms with Gasteiger partial charge in [0.1, 0.15) is 11.8 Å². The summed E-state index contributed by atoms with van der Waals surface area (Å²) in [4.78, 5) is 12.2. The Morgan fingerprint density at radius 3 is 2.67 bits per heavy atom. The number of nitrogens with one attached hydrogen (secondary N) is 1. The second kappa shape index (κ2) is 8.92. The third-order valence-corrected chi connectivity index (χ3v) is 4.42. The van der Waals surface area contributed by atoms with Crippen LogP contribution in [0.15, 0.2) is 42.5 Å². The molecule has 128 valence electrons. The highest BCUT2D eigenvalue weighted by atomic mass is 35.5. The van der Waals surface area contributed by atoms with Gasteiger partial charge in [-0.25, -0.2) is 0 Å². The van der Waals surface area contributed by atoms with Gasteiger partial charge in [-0.15, -0.1) is 0 Å². The maximum Gasteiger partial charge on any atom is 0.241 e. The van der Waals surface area contributed by atoms with Crippen molar-refractivity contribution in [2.24, 2.45) is 5.73 Å². The summed E-state index contributed by atoms with van der Waals surface area (Å²) < 4.78 is 5.24. The minimum absolute atomic E-state index is 0.228. The monoisotopic (exact) mass is 366 g/mol. The summed E-state index contributed by atoms with van der Waals surface area (Å²) in [6, 6.07) is 12.0. The molecule has 0 aliphatic rings. The number of benzene rings is 2. The van der Waals surface area contributed by atoms with Crippen LogP contribution >= 0.6 is 23.2 Å². The van der Waals surface area contributed by atoms with Crippen molar-refractivity contribution in [1.29, 1.82) is 0 Å². The van der Waals surface area contributed by atoms with E-state index in [0.29, 0.717) is 27.9 Å². The lowest BCUT2D eigenvalue weighted by atomic mass is 10.1. The lowest BCUT2D eigenvalue weighted by molar-refractivity contribution is -0.122. The number of carbonyl (C=O) groups excluding carboxylic acids is 1. The average Bonchev–Trinajstić information content (AvgIpc) is 2.60. The van der Waals surface area contributed by atoms with Crippen LogP contribution in [0.3, 0.4) is 0 Å².